The largest absolute Gasteiger partial charge is 0.429 e. The van der Waals surface area contributed by atoms with Crippen LogP contribution >= 0.6 is 0 Å². The minimum Gasteiger partial charge on any atom is -0.429 e. The van der Waals surface area contributed by atoms with Crippen molar-refractivity contribution in [3.05, 3.63) is 0 Å². The molecule has 0 aromatic carbocycles. The highest BCUT2D eigenvalue weighted by Crippen LogP contribution is 2.19. The third kappa shape index (κ3) is 4.76. The Kier molecular flexibility index (Phi) is 4.08. The molecule has 66 valence electrons. The van der Waals surface area contributed by atoms with Crippen LogP contribution in [0.1, 0.15) is 40.0 Å². The van der Waals surface area contributed by atoms with E-state index in [1.165, 1.54) is 6.92 Å². The van der Waals surface area contributed by atoms with E-state index in [0.717, 1.165) is 0 Å². The van der Waals surface area contributed by atoms with Gasteiger partial charge in [-0.25, -0.2) is 0 Å². The van der Waals surface area contributed by atoms with Gasteiger partial charge in [0.1, 0.15) is 0 Å². The van der Waals surface area contributed by atoms with Crippen LogP contribution in [-0.4, -0.2) is 11.8 Å². The van der Waals surface area contributed by atoms with Crippen molar-refractivity contribution in [3.63, 3.8) is 0 Å². The summed E-state index contributed by atoms with van der Waals surface area (Å²) in [5.41, 5.74) is 0. The average Bonchev–Trinajstić information content (AvgIpc) is 1.86. The Bertz CT molecular complexity index is 132. The van der Waals surface area contributed by atoms with Crippen LogP contribution < -0.4 is 0 Å². The number of hydrogen-bond donors (Lipinski definition) is 0. The monoisotopic (exact) mass is 162 g/mol. The van der Waals surface area contributed by atoms with Crippen molar-refractivity contribution in [3.8, 4) is 0 Å². The molecule has 0 N–H and O–H groups in total. The molecule has 0 aromatic heterocycles. The first-order chi connectivity index (χ1) is 5.02. The third-order valence-electron chi connectivity index (χ3n) is 1.31. The van der Waals surface area contributed by atoms with Crippen LogP contribution in [0.4, 0.5) is 4.39 Å². The van der Waals surface area contributed by atoms with E-state index in [-0.39, 0.29) is 12.8 Å². The Labute approximate surface area is 66.7 Å². The van der Waals surface area contributed by atoms with Gasteiger partial charge < -0.3 is 4.74 Å². The molecule has 1 atom stereocenters. The summed E-state index contributed by atoms with van der Waals surface area (Å²) >= 11 is 0. The molecule has 0 saturated heterocycles. The molecule has 0 amide bonds. The fraction of sp³-hybridized carbons (Fsp3) is 0.875. The van der Waals surface area contributed by atoms with E-state index in [1.54, 1.807) is 6.92 Å². The van der Waals surface area contributed by atoms with E-state index in [9.17, 15) is 9.18 Å². The lowest BCUT2D eigenvalue weighted by atomic mass is 10.2. The van der Waals surface area contributed by atoms with Gasteiger partial charge in [0.2, 0.25) is 5.85 Å². The van der Waals surface area contributed by atoms with Crippen LogP contribution in [0.15, 0.2) is 0 Å². The molecule has 0 saturated carbocycles. The maximum absolute atomic E-state index is 13.1. The van der Waals surface area contributed by atoms with Crippen molar-refractivity contribution in [2.75, 3.05) is 0 Å². The van der Waals surface area contributed by atoms with Gasteiger partial charge in [-0.05, 0) is 6.42 Å². The van der Waals surface area contributed by atoms with Crippen molar-refractivity contribution in [2.45, 2.75) is 45.9 Å². The lowest BCUT2D eigenvalue weighted by molar-refractivity contribution is -0.179. The number of alkyl halides is 1. The van der Waals surface area contributed by atoms with Crippen molar-refractivity contribution >= 4 is 5.97 Å². The summed E-state index contributed by atoms with van der Waals surface area (Å²) in [4.78, 5) is 10.6. The van der Waals surface area contributed by atoms with E-state index in [1.807, 2.05) is 6.92 Å². The molecule has 0 aliphatic heterocycles. The Morgan fingerprint density at radius 3 is 2.45 bits per heavy atom. The first kappa shape index (κ1) is 10.4. The molecule has 0 bridgehead atoms. The predicted molar refractivity (Wildman–Crippen MR) is 40.8 cm³/mol. The number of carbonyl (C=O) groups excluding carboxylic acids is 1. The minimum absolute atomic E-state index is 0.225. The smallest absolute Gasteiger partial charge is 0.308 e. The van der Waals surface area contributed by atoms with Gasteiger partial charge in [0.05, 0.1) is 0 Å². The van der Waals surface area contributed by atoms with Gasteiger partial charge in [0.15, 0.2) is 0 Å². The highest BCUT2D eigenvalue weighted by molar-refractivity contribution is 5.69. The Balaban J connectivity index is 3.80. The van der Waals surface area contributed by atoms with Gasteiger partial charge in [-0.15, -0.1) is 0 Å². The van der Waals surface area contributed by atoms with Crippen LogP contribution in [0, 0.1) is 0 Å². The van der Waals surface area contributed by atoms with Crippen molar-refractivity contribution < 1.29 is 13.9 Å². The van der Waals surface area contributed by atoms with Gasteiger partial charge >= 0.3 is 5.97 Å². The molecule has 0 spiro atoms. The maximum atomic E-state index is 13.1. The number of carbonyl (C=O) groups is 1. The molecular formula is C8H15FO2. The number of esters is 1. The Hall–Kier alpha value is -0.600. The van der Waals surface area contributed by atoms with Crippen molar-refractivity contribution in [1.29, 1.82) is 0 Å². The van der Waals surface area contributed by atoms with E-state index in [0.29, 0.717) is 6.42 Å². The lowest BCUT2D eigenvalue weighted by Gasteiger charge is -2.19. The van der Waals surface area contributed by atoms with Gasteiger partial charge in [-0.3, -0.25) is 4.79 Å². The molecule has 1 unspecified atom stereocenters. The molecule has 0 heterocycles. The second-order valence-corrected chi connectivity index (χ2v) is 2.68. The summed E-state index contributed by atoms with van der Waals surface area (Å²) in [6.45, 7) is 4.77. The predicted octanol–water partition coefficient (Wildman–Crippen LogP) is 2.43. The summed E-state index contributed by atoms with van der Waals surface area (Å²) < 4.78 is 17.6. The third-order valence-corrected chi connectivity index (χ3v) is 1.31. The Morgan fingerprint density at radius 1 is 1.55 bits per heavy atom. The van der Waals surface area contributed by atoms with Gasteiger partial charge in [0, 0.05) is 19.8 Å². The van der Waals surface area contributed by atoms with Crippen molar-refractivity contribution in [1.82, 2.24) is 0 Å². The van der Waals surface area contributed by atoms with Crippen LogP contribution in [0.25, 0.3) is 0 Å². The number of rotatable bonds is 4. The molecule has 0 fully saturated rings. The number of halogens is 1. The molecule has 0 radical (unpaired) electrons. The zero-order valence-corrected chi connectivity index (χ0v) is 7.32. The van der Waals surface area contributed by atoms with Crippen LogP contribution in [0.5, 0.6) is 0 Å². The van der Waals surface area contributed by atoms with E-state index >= 15 is 0 Å². The second kappa shape index (κ2) is 4.31. The Morgan fingerprint density at radius 2 is 2.09 bits per heavy atom. The lowest BCUT2D eigenvalue weighted by Crippen LogP contribution is -2.25. The molecule has 2 nitrogen and oxygen atoms in total. The molecule has 0 aliphatic rings. The molecule has 0 aliphatic carbocycles. The van der Waals surface area contributed by atoms with Gasteiger partial charge in [-0.1, -0.05) is 13.8 Å². The summed E-state index contributed by atoms with van der Waals surface area (Å²) in [5.74, 6) is -2.26. The normalized spacial score (nSPS) is 15.6. The van der Waals surface area contributed by atoms with E-state index in [2.05, 4.69) is 4.74 Å². The average molecular weight is 162 g/mol. The SMILES string of the molecule is CCCC(C)(F)OC(=O)CC. The zero-order chi connectivity index (χ0) is 8.91. The quantitative estimate of drug-likeness (QED) is 0.593. The topological polar surface area (TPSA) is 26.3 Å². The zero-order valence-electron chi connectivity index (χ0n) is 7.32. The standard InChI is InChI=1S/C8H15FO2/c1-4-6-8(3,9)11-7(10)5-2/h4-6H2,1-3H3. The van der Waals surface area contributed by atoms with Crippen LogP contribution in [-0.2, 0) is 9.53 Å². The highest BCUT2D eigenvalue weighted by Gasteiger charge is 2.25. The fourth-order valence-corrected chi connectivity index (χ4v) is 0.807. The van der Waals surface area contributed by atoms with Gasteiger partial charge in [-0.2, -0.15) is 4.39 Å². The summed E-state index contributed by atoms with van der Waals surface area (Å²) in [6.07, 6.45) is 1.16. The highest BCUT2D eigenvalue weighted by atomic mass is 19.2. The van der Waals surface area contributed by atoms with Crippen LogP contribution in [0.3, 0.4) is 0 Å². The number of ether oxygens (including phenoxy) is 1. The molecular weight excluding hydrogens is 147 g/mol. The molecule has 0 aromatic rings. The molecule has 3 heteroatoms. The summed E-state index contributed by atoms with van der Waals surface area (Å²) in [5, 5.41) is 0. The van der Waals surface area contributed by atoms with Crippen molar-refractivity contribution in [2.24, 2.45) is 0 Å². The maximum Gasteiger partial charge on any atom is 0.308 e. The first-order valence-corrected chi connectivity index (χ1v) is 3.92. The van der Waals surface area contributed by atoms with Crippen LogP contribution in [0.2, 0.25) is 0 Å². The van der Waals surface area contributed by atoms with E-state index < -0.39 is 11.8 Å². The summed E-state index contributed by atoms with van der Waals surface area (Å²) in [6, 6.07) is 0. The fourth-order valence-electron chi connectivity index (χ4n) is 0.807. The first-order valence-electron chi connectivity index (χ1n) is 3.92. The number of hydrogen-bond acceptors (Lipinski definition) is 2. The van der Waals surface area contributed by atoms with E-state index in [4.69, 9.17) is 0 Å². The molecule has 11 heavy (non-hydrogen) atoms. The molecule has 0 rings (SSSR count). The minimum atomic E-state index is -1.78. The second-order valence-electron chi connectivity index (χ2n) is 2.68. The summed E-state index contributed by atoms with van der Waals surface area (Å²) in [7, 11) is 0. The van der Waals surface area contributed by atoms with Gasteiger partial charge in [0.25, 0.3) is 0 Å².